The van der Waals surface area contributed by atoms with Crippen molar-refractivity contribution in [3.63, 3.8) is 0 Å². The number of hydrogen-bond acceptors (Lipinski definition) is 4. The molecule has 0 atom stereocenters. The van der Waals surface area contributed by atoms with Gasteiger partial charge in [0.2, 0.25) is 0 Å². The highest BCUT2D eigenvalue weighted by Crippen LogP contribution is 2.20. The number of nitro benzene ring substituents is 1. The molecule has 0 heterocycles. The van der Waals surface area contributed by atoms with Crippen LogP contribution in [-0.4, -0.2) is 10.8 Å². The summed E-state index contributed by atoms with van der Waals surface area (Å²) in [6.07, 6.45) is 0. The van der Waals surface area contributed by atoms with Crippen molar-refractivity contribution in [2.75, 3.05) is 5.32 Å². The molecule has 0 fully saturated rings. The topological polar surface area (TPSA) is 81.5 Å². The van der Waals surface area contributed by atoms with Crippen molar-refractivity contribution in [2.24, 2.45) is 0 Å². The van der Waals surface area contributed by atoms with E-state index in [1.54, 1.807) is 24.3 Å². The summed E-state index contributed by atoms with van der Waals surface area (Å²) in [7, 11) is 0. The Bertz CT molecular complexity index is 996. The molecule has 0 spiro atoms. The lowest BCUT2D eigenvalue weighted by atomic mass is 10.1. The Morgan fingerprint density at radius 3 is 2.32 bits per heavy atom. The van der Waals surface area contributed by atoms with Crippen LogP contribution in [0.15, 0.2) is 66.7 Å². The predicted molar refractivity (Wildman–Crippen MR) is 108 cm³/mol. The molecule has 0 aliphatic carbocycles. The maximum atomic E-state index is 12.5. The normalized spacial score (nSPS) is 10.4. The first-order valence-electron chi connectivity index (χ1n) is 8.78. The zero-order valence-corrected chi connectivity index (χ0v) is 15.6. The van der Waals surface area contributed by atoms with Gasteiger partial charge in [-0.3, -0.25) is 14.9 Å². The van der Waals surface area contributed by atoms with Crippen LogP contribution in [0.5, 0.6) is 5.75 Å². The van der Waals surface area contributed by atoms with E-state index in [1.165, 1.54) is 12.1 Å². The molecule has 28 heavy (non-hydrogen) atoms. The van der Waals surface area contributed by atoms with Gasteiger partial charge in [-0.25, -0.2) is 0 Å². The maximum absolute atomic E-state index is 12.5. The molecule has 3 rings (SSSR count). The summed E-state index contributed by atoms with van der Waals surface area (Å²) in [4.78, 5) is 22.7. The molecule has 6 heteroatoms. The number of nitro groups is 1. The van der Waals surface area contributed by atoms with Gasteiger partial charge >= 0.3 is 0 Å². The van der Waals surface area contributed by atoms with Gasteiger partial charge in [0.25, 0.3) is 11.6 Å². The molecule has 0 aliphatic rings. The number of anilines is 1. The molecule has 0 aliphatic heterocycles. The second-order valence-corrected chi connectivity index (χ2v) is 6.44. The van der Waals surface area contributed by atoms with Crippen molar-refractivity contribution in [3.8, 4) is 5.75 Å². The van der Waals surface area contributed by atoms with Crippen molar-refractivity contribution in [3.05, 3.63) is 99.1 Å². The van der Waals surface area contributed by atoms with Crippen LogP contribution in [0.3, 0.4) is 0 Å². The van der Waals surface area contributed by atoms with Gasteiger partial charge in [0.15, 0.2) is 0 Å². The summed E-state index contributed by atoms with van der Waals surface area (Å²) >= 11 is 0. The first-order valence-corrected chi connectivity index (χ1v) is 8.78. The third-order valence-corrected chi connectivity index (χ3v) is 4.52. The van der Waals surface area contributed by atoms with E-state index in [1.807, 2.05) is 44.2 Å². The second kappa shape index (κ2) is 8.35. The number of nitrogens with zero attached hydrogens (tertiary/aromatic N) is 1. The zero-order chi connectivity index (χ0) is 20.1. The van der Waals surface area contributed by atoms with Gasteiger partial charge in [0.05, 0.1) is 4.92 Å². The van der Waals surface area contributed by atoms with E-state index < -0.39 is 4.92 Å². The molecule has 142 valence electrons. The number of amides is 1. The first-order chi connectivity index (χ1) is 13.4. The number of carbonyl (C=O) groups excluding carboxylic acids is 1. The third kappa shape index (κ3) is 4.54. The highest BCUT2D eigenvalue weighted by Gasteiger charge is 2.09. The van der Waals surface area contributed by atoms with Crippen molar-refractivity contribution >= 4 is 17.3 Å². The lowest BCUT2D eigenvalue weighted by molar-refractivity contribution is -0.384. The molecule has 1 amide bonds. The van der Waals surface area contributed by atoms with Crippen LogP contribution >= 0.6 is 0 Å². The van der Waals surface area contributed by atoms with Crippen molar-refractivity contribution < 1.29 is 14.5 Å². The number of non-ortho nitro benzene ring substituents is 1. The Labute approximate surface area is 162 Å². The largest absolute Gasteiger partial charge is 0.489 e. The standard InChI is InChI=1S/C22H20N2O4/c1-15-4-3-5-21(16(15)2)23-22(25)18-8-6-17(7-9-18)14-28-20-12-10-19(11-13-20)24(26)27/h3-13H,14H2,1-2H3,(H,23,25). The molecule has 3 aromatic rings. The minimum Gasteiger partial charge on any atom is -0.489 e. The van der Waals surface area contributed by atoms with Gasteiger partial charge in [0, 0.05) is 23.4 Å². The van der Waals surface area contributed by atoms with Gasteiger partial charge < -0.3 is 10.1 Å². The second-order valence-electron chi connectivity index (χ2n) is 6.44. The molecular formula is C22H20N2O4. The smallest absolute Gasteiger partial charge is 0.269 e. The number of carbonyl (C=O) groups is 1. The number of aryl methyl sites for hydroxylation is 1. The Morgan fingerprint density at radius 2 is 1.68 bits per heavy atom. The van der Waals surface area contributed by atoms with Crippen LogP contribution < -0.4 is 10.1 Å². The third-order valence-electron chi connectivity index (χ3n) is 4.52. The van der Waals surface area contributed by atoms with Crippen LogP contribution in [0.4, 0.5) is 11.4 Å². The van der Waals surface area contributed by atoms with Crippen LogP contribution in [0, 0.1) is 24.0 Å². The lowest BCUT2D eigenvalue weighted by Crippen LogP contribution is -2.13. The fraction of sp³-hybridized carbons (Fsp3) is 0.136. The number of benzene rings is 3. The average Bonchev–Trinajstić information content (AvgIpc) is 2.70. The Kier molecular flexibility index (Phi) is 5.69. The van der Waals surface area contributed by atoms with Crippen molar-refractivity contribution in [1.29, 1.82) is 0 Å². The summed E-state index contributed by atoms with van der Waals surface area (Å²) in [5.41, 5.74) is 4.43. The van der Waals surface area contributed by atoms with E-state index in [9.17, 15) is 14.9 Å². The SMILES string of the molecule is Cc1cccc(NC(=O)c2ccc(COc3ccc([N+](=O)[O-])cc3)cc2)c1C. The van der Waals surface area contributed by atoms with E-state index in [-0.39, 0.29) is 11.6 Å². The fourth-order valence-corrected chi connectivity index (χ4v) is 2.66. The fourth-order valence-electron chi connectivity index (χ4n) is 2.66. The molecule has 6 nitrogen and oxygen atoms in total. The van der Waals surface area contributed by atoms with Crippen molar-refractivity contribution in [1.82, 2.24) is 0 Å². The van der Waals surface area contributed by atoms with Crippen LogP contribution in [0.25, 0.3) is 0 Å². The van der Waals surface area contributed by atoms with Gasteiger partial charge in [-0.15, -0.1) is 0 Å². The summed E-state index contributed by atoms with van der Waals surface area (Å²) in [6, 6.07) is 18.9. The molecule has 0 unspecified atom stereocenters. The Hall–Kier alpha value is -3.67. The van der Waals surface area contributed by atoms with Crippen LogP contribution in [0.1, 0.15) is 27.0 Å². The quantitative estimate of drug-likeness (QED) is 0.482. The van der Waals surface area contributed by atoms with Gasteiger partial charge in [-0.2, -0.15) is 0 Å². The molecule has 0 radical (unpaired) electrons. The monoisotopic (exact) mass is 376 g/mol. The molecule has 1 N–H and O–H groups in total. The predicted octanol–water partition coefficient (Wildman–Crippen LogP) is 5.04. The van der Waals surface area contributed by atoms with E-state index in [0.29, 0.717) is 17.9 Å². The number of rotatable bonds is 6. The van der Waals surface area contributed by atoms with Gasteiger partial charge in [0.1, 0.15) is 12.4 Å². The first kappa shape index (κ1) is 19.1. The lowest BCUT2D eigenvalue weighted by Gasteiger charge is -2.11. The highest BCUT2D eigenvalue weighted by molar-refractivity contribution is 6.04. The summed E-state index contributed by atoms with van der Waals surface area (Å²) < 4.78 is 5.63. The summed E-state index contributed by atoms with van der Waals surface area (Å²) in [6.45, 7) is 4.28. The number of ether oxygens (including phenoxy) is 1. The van der Waals surface area contributed by atoms with E-state index >= 15 is 0 Å². The number of nitrogens with one attached hydrogen (secondary N) is 1. The molecule has 0 saturated heterocycles. The number of hydrogen-bond donors (Lipinski definition) is 1. The van der Waals surface area contributed by atoms with Crippen LogP contribution in [-0.2, 0) is 6.61 Å². The Morgan fingerprint density at radius 1 is 1.00 bits per heavy atom. The van der Waals surface area contributed by atoms with Gasteiger partial charge in [-0.05, 0) is 60.9 Å². The molecular weight excluding hydrogens is 356 g/mol. The highest BCUT2D eigenvalue weighted by atomic mass is 16.6. The van der Waals surface area contributed by atoms with E-state index in [4.69, 9.17) is 4.74 Å². The summed E-state index contributed by atoms with van der Waals surface area (Å²) in [5.74, 6) is 0.374. The van der Waals surface area contributed by atoms with E-state index in [0.717, 1.165) is 22.4 Å². The summed E-state index contributed by atoms with van der Waals surface area (Å²) in [5, 5.41) is 13.6. The average molecular weight is 376 g/mol. The zero-order valence-electron chi connectivity index (χ0n) is 15.6. The molecule has 0 bridgehead atoms. The minimum absolute atomic E-state index is 0.0200. The van der Waals surface area contributed by atoms with Gasteiger partial charge in [-0.1, -0.05) is 24.3 Å². The van der Waals surface area contributed by atoms with Crippen molar-refractivity contribution in [2.45, 2.75) is 20.5 Å². The minimum atomic E-state index is -0.453. The molecule has 0 aromatic heterocycles. The maximum Gasteiger partial charge on any atom is 0.269 e. The molecule has 3 aromatic carbocycles. The van der Waals surface area contributed by atoms with Crippen LogP contribution in [0.2, 0.25) is 0 Å². The Balaban J connectivity index is 1.60. The molecule has 0 saturated carbocycles. The van der Waals surface area contributed by atoms with E-state index in [2.05, 4.69) is 5.32 Å².